The van der Waals surface area contributed by atoms with E-state index < -0.39 is 5.54 Å². The van der Waals surface area contributed by atoms with Gasteiger partial charge in [-0.25, -0.2) is 0 Å². The zero-order valence-corrected chi connectivity index (χ0v) is 12.1. The van der Waals surface area contributed by atoms with Crippen LogP contribution in [0.2, 0.25) is 10.0 Å². The molecule has 0 heterocycles. The lowest BCUT2D eigenvalue weighted by Crippen LogP contribution is -2.52. The third-order valence-electron chi connectivity index (χ3n) is 3.68. The summed E-state index contributed by atoms with van der Waals surface area (Å²) in [5.74, 6) is -0.313. The predicted molar refractivity (Wildman–Crippen MR) is 76.8 cm³/mol. The number of rotatable bonds is 3. The van der Waals surface area contributed by atoms with E-state index in [-0.39, 0.29) is 18.1 Å². The fourth-order valence-electron chi connectivity index (χ4n) is 2.57. The number of halogens is 2. The molecule has 1 aromatic rings. The van der Waals surface area contributed by atoms with Gasteiger partial charge in [0.15, 0.2) is 0 Å². The van der Waals surface area contributed by atoms with Gasteiger partial charge in [0.2, 0.25) is 0 Å². The van der Waals surface area contributed by atoms with Crippen LogP contribution in [0.15, 0.2) is 18.2 Å². The van der Waals surface area contributed by atoms with Crippen LogP contribution in [-0.4, -0.2) is 23.2 Å². The average molecular weight is 302 g/mol. The lowest BCUT2D eigenvalue weighted by molar-refractivity contribution is 0.0759. The van der Waals surface area contributed by atoms with Gasteiger partial charge in [-0.1, -0.05) is 48.5 Å². The van der Waals surface area contributed by atoms with E-state index >= 15 is 0 Å². The van der Waals surface area contributed by atoms with Gasteiger partial charge in [0.1, 0.15) is 0 Å². The van der Waals surface area contributed by atoms with Crippen LogP contribution >= 0.6 is 23.2 Å². The number of aliphatic hydroxyl groups is 1. The molecular weight excluding hydrogens is 285 g/mol. The Labute approximate surface area is 122 Å². The van der Waals surface area contributed by atoms with Crippen molar-refractivity contribution in [1.82, 2.24) is 5.32 Å². The first-order valence-corrected chi connectivity index (χ1v) is 7.21. The Bertz CT molecular complexity index is 450. The van der Waals surface area contributed by atoms with Crippen LogP contribution in [0.25, 0.3) is 0 Å². The summed E-state index contributed by atoms with van der Waals surface area (Å²) in [6.45, 7) is -0.0548. The zero-order valence-electron chi connectivity index (χ0n) is 10.6. The minimum absolute atomic E-state index is 0.0548. The Balaban J connectivity index is 2.20. The van der Waals surface area contributed by atoms with E-state index in [4.69, 9.17) is 23.2 Å². The van der Waals surface area contributed by atoms with Gasteiger partial charge in [0, 0.05) is 0 Å². The highest BCUT2D eigenvalue weighted by Gasteiger charge is 2.33. The number of benzene rings is 1. The van der Waals surface area contributed by atoms with Crippen LogP contribution in [0.4, 0.5) is 0 Å². The van der Waals surface area contributed by atoms with Crippen molar-refractivity contribution in [2.75, 3.05) is 6.61 Å². The van der Waals surface area contributed by atoms with Gasteiger partial charge in [-0.05, 0) is 25.0 Å². The SMILES string of the molecule is O=C(NC1(CO)CCCCC1)c1c(Cl)cccc1Cl. The second-order valence-corrected chi connectivity index (χ2v) is 5.86. The van der Waals surface area contributed by atoms with E-state index in [1.165, 1.54) is 0 Å². The van der Waals surface area contributed by atoms with Crippen molar-refractivity contribution in [1.29, 1.82) is 0 Å². The number of hydrogen-bond acceptors (Lipinski definition) is 2. The molecule has 1 saturated carbocycles. The van der Waals surface area contributed by atoms with Gasteiger partial charge in [-0.15, -0.1) is 0 Å². The van der Waals surface area contributed by atoms with Gasteiger partial charge in [-0.2, -0.15) is 0 Å². The zero-order chi connectivity index (χ0) is 13.9. The molecule has 19 heavy (non-hydrogen) atoms. The highest BCUT2D eigenvalue weighted by atomic mass is 35.5. The third kappa shape index (κ3) is 3.22. The summed E-state index contributed by atoms with van der Waals surface area (Å²) in [5.41, 5.74) is -0.248. The van der Waals surface area contributed by atoms with Crippen LogP contribution in [0, 0.1) is 0 Å². The van der Waals surface area contributed by atoms with Gasteiger partial charge < -0.3 is 10.4 Å². The van der Waals surface area contributed by atoms with Gasteiger partial charge in [0.05, 0.1) is 27.8 Å². The first-order chi connectivity index (χ1) is 9.08. The van der Waals surface area contributed by atoms with Crippen LogP contribution < -0.4 is 5.32 Å². The molecule has 1 amide bonds. The summed E-state index contributed by atoms with van der Waals surface area (Å²) in [5, 5.41) is 13.2. The van der Waals surface area contributed by atoms with Crippen molar-refractivity contribution in [3.63, 3.8) is 0 Å². The van der Waals surface area contributed by atoms with Crippen molar-refractivity contribution in [2.45, 2.75) is 37.6 Å². The van der Waals surface area contributed by atoms with Gasteiger partial charge >= 0.3 is 0 Å². The molecular formula is C14H17Cl2NO2. The molecule has 0 saturated heterocycles. The maximum Gasteiger partial charge on any atom is 0.254 e. The van der Waals surface area contributed by atoms with E-state index in [2.05, 4.69) is 5.32 Å². The Hall–Kier alpha value is -0.770. The summed E-state index contributed by atoms with van der Waals surface area (Å²) in [6, 6.07) is 4.97. The lowest BCUT2D eigenvalue weighted by atomic mass is 9.82. The number of amides is 1. The number of aliphatic hydroxyl groups excluding tert-OH is 1. The Morgan fingerprint density at radius 3 is 2.32 bits per heavy atom. The van der Waals surface area contributed by atoms with E-state index in [0.29, 0.717) is 10.0 Å². The predicted octanol–water partition coefficient (Wildman–Crippen LogP) is 3.42. The molecule has 2 rings (SSSR count). The maximum atomic E-state index is 12.3. The standard InChI is InChI=1S/C14H17Cl2NO2/c15-10-5-4-6-11(16)12(10)13(19)17-14(9-18)7-2-1-3-8-14/h4-6,18H,1-3,7-9H2,(H,17,19). The summed E-state index contributed by atoms with van der Waals surface area (Å²) >= 11 is 12.0. The molecule has 1 aliphatic rings. The van der Waals surface area contributed by atoms with Crippen molar-refractivity contribution < 1.29 is 9.90 Å². The van der Waals surface area contributed by atoms with Crippen LogP contribution in [-0.2, 0) is 0 Å². The average Bonchev–Trinajstić information content (AvgIpc) is 2.39. The number of carbonyl (C=O) groups excluding carboxylic acids is 1. The summed E-state index contributed by atoms with van der Waals surface area (Å²) in [7, 11) is 0. The molecule has 0 aliphatic heterocycles. The normalized spacial score (nSPS) is 18.1. The second kappa shape index (κ2) is 6.12. The molecule has 1 aliphatic carbocycles. The summed E-state index contributed by atoms with van der Waals surface area (Å²) in [6.07, 6.45) is 4.74. The topological polar surface area (TPSA) is 49.3 Å². The third-order valence-corrected chi connectivity index (χ3v) is 4.31. The molecule has 104 valence electrons. The van der Waals surface area contributed by atoms with E-state index in [1.807, 2.05) is 0 Å². The highest BCUT2D eigenvalue weighted by molar-refractivity contribution is 6.39. The quantitative estimate of drug-likeness (QED) is 0.899. The molecule has 1 fully saturated rings. The molecule has 0 unspecified atom stereocenters. The molecule has 3 nitrogen and oxygen atoms in total. The fraction of sp³-hybridized carbons (Fsp3) is 0.500. The minimum atomic E-state index is -0.530. The minimum Gasteiger partial charge on any atom is -0.394 e. The molecule has 2 N–H and O–H groups in total. The molecule has 0 aromatic heterocycles. The molecule has 0 atom stereocenters. The van der Waals surface area contributed by atoms with E-state index in [1.54, 1.807) is 18.2 Å². The largest absolute Gasteiger partial charge is 0.394 e. The highest BCUT2D eigenvalue weighted by Crippen LogP contribution is 2.30. The Morgan fingerprint density at radius 1 is 1.21 bits per heavy atom. The van der Waals surface area contributed by atoms with Crippen LogP contribution in [0.1, 0.15) is 42.5 Å². The van der Waals surface area contributed by atoms with Crippen molar-refractivity contribution >= 4 is 29.1 Å². The van der Waals surface area contributed by atoms with Crippen molar-refractivity contribution in [2.24, 2.45) is 0 Å². The molecule has 1 aromatic carbocycles. The number of nitrogens with one attached hydrogen (secondary N) is 1. The van der Waals surface area contributed by atoms with Gasteiger partial charge in [0.25, 0.3) is 5.91 Å². The lowest BCUT2D eigenvalue weighted by Gasteiger charge is -2.36. The smallest absolute Gasteiger partial charge is 0.254 e. The van der Waals surface area contributed by atoms with E-state index in [9.17, 15) is 9.90 Å². The van der Waals surface area contributed by atoms with Crippen molar-refractivity contribution in [3.8, 4) is 0 Å². The molecule has 0 radical (unpaired) electrons. The van der Waals surface area contributed by atoms with Crippen LogP contribution in [0.3, 0.4) is 0 Å². The number of carbonyl (C=O) groups is 1. The van der Waals surface area contributed by atoms with E-state index in [0.717, 1.165) is 32.1 Å². The summed E-state index contributed by atoms with van der Waals surface area (Å²) in [4.78, 5) is 12.3. The van der Waals surface area contributed by atoms with Crippen LogP contribution in [0.5, 0.6) is 0 Å². The second-order valence-electron chi connectivity index (χ2n) is 5.05. The Kier molecular flexibility index (Phi) is 4.71. The Morgan fingerprint density at radius 2 is 1.79 bits per heavy atom. The molecule has 5 heteroatoms. The fourth-order valence-corrected chi connectivity index (χ4v) is 3.14. The summed E-state index contributed by atoms with van der Waals surface area (Å²) < 4.78 is 0. The maximum absolute atomic E-state index is 12.3. The van der Waals surface area contributed by atoms with Crippen molar-refractivity contribution in [3.05, 3.63) is 33.8 Å². The van der Waals surface area contributed by atoms with Gasteiger partial charge in [-0.3, -0.25) is 4.79 Å². The molecule has 0 bridgehead atoms. The number of hydrogen-bond donors (Lipinski definition) is 2. The first kappa shape index (κ1) is 14.6. The monoisotopic (exact) mass is 301 g/mol. The first-order valence-electron chi connectivity index (χ1n) is 6.45. The molecule has 0 spiro atoms.